The van der Waals surface area contributed by atoms with E-state index in [1.54, 1.807) is 0 Å². The zero-order chi connectivity index (χ0) is 8.85. The Balaban J connectivity index is 4.91. The standard InChI is InChI=1S/C3H7OS7/c1-2-3-4-9(5)11(8)10(6)7/h2-3H2,1H3/q-1. The quantitative estimate of drug-likeness (QED) is 0.708. The van der Waals surface area contributed by atoms with E-state index in [9.17, 15) is 0 Å². The van der Waals surface area contributed by atoms with E-state index < -0.39 is 21.4 Å². The topological polar surface area (TPSA) is 9.23 Å². The molecule has 0 bridgehead atoms. The van der Waals surface area contributed by atoms with Crippen LogP contribution in [-0.2, 0) is 70.4 Å². The third-order valence-corrected chi connectivity index (χ3v) is 16.3. The van der Waals surface area contributed by atoms with Gasteiger partial charge in [-0.3, -0.25) is 0 Å². The molecule has 0 aliphatic rings. The van der Waals surface area contributed by atoms with Crippen LogP contribution in [0, 0.1) is 0 Å². The molecule has 0 rings (SSSR count). The maximum absolute atomic E-state index is 5.24. The lowest BCUT2D eigenvalue weighted by atomic mass is 10.5. The van der Waals surface area contributed by atoms with Gasteiger partial charge < -0.3 is 4.18 Å². The predicted octanol–water partition coefficient (Wildman–Crippen LogP) is 0.861. The SMILES string of the molecule is CCCO[S-](=S)=S(=S)=S(=S)=S. The van der Waals surface area contributed by atoms with Crippen LogP contribution < -0.4 is 0 Å². The summed E-state index contributed by atoms with van der Waals surface area (Å²) in [5.41, 5.74) is 0. The summed E-state index contributed by atoms with van der Waals surface area (Å²) < 4.78 is 5.24. The smallest absolute Gasteiger partial charge is 0.0230 e. The van der Waals surface area contributed by atoms with Crippen molar-refractivity contribution in [2.75, 3.05) is 6.61 Å². The minimum Gasteiger partial charge on any atom is -0.466 e. The maximum Gasteiger partial charge on any atom is 0.0230 e. The van der Waals surface area contributed by atoms with Gasteiger partial charge in [-0.05, 0) is 46.6 Å². The van der Waals surface area contributed by atoms with Crippen molar-refractivity contribution in [2.45, 2.75) is 13.3 Å². The molecule has 0 spiro atoms. The minimum absolute atomic E-state index is 0.507. The molecule has 0 N–H and O–H groups in total. The molecule has 0 aromatic heterocycles. The van der Waals surface area contributed by atoms with Gasteiger partial charge in [0.1, 0.15) is 0 Å². The lowest BCUT2D eigenvalue weighted by molar-refractivity contribution is 0.376. The van der Waals surface area contributed by atoms with Crippen molar-refractivity contribution in [1.29, 1.82) is 0 Å². The van der Waals surface area contributed by atoms with Gasteiger partial charge >= 0.3 is 0 Å². The van der Waals surface area contributed by atoms with Gasteiger partial charge in [0, 0.05) is 6.61 Å². The minimum atomic E-state index is -0.615. The van der Waals surface area contributed by atoms with E-state index >= 15 is 0 Å². The fourth-order valence-electron chi connectivity index (χ4n) is 0.236. The Bertz CT molecular complexity index is 383. The Kier molecular flexibility index (Phi) is 8.12. The summed E-state index contributed by atoms with van der Waals surface area (Å²) in [7, 11) is -0.615. The van der Waals surface area contributed by atoms with Gasteiger partial charge in [-0.1, -0.05) is 6.92 Å². The molecule has 0 atom stereocenters. The van der Waals surface area contributed by atoms with Gasteiger partial charge in [-0.2, -0.15) is 6.57 Å². The normalized spacial score (nSPS) is 10.0. The van der Waals surface area contributed by atoms with Crippen molar-refractivity contribution in [1.82, 2.24) is 0 Å². The van der Waals surface area contributed by atoms with E-state index in [2.05, 4.69) is 0 Å². The molecule has 8 heteroatoms. The summed E-state index contributed by atoms with van der Waals surface area (Å²) in [6.45, 7) is 1.58. The van der Waals surface area contributed by atoms with Crippen molar-refractivity contribution in [2.24, 2.45) is 0 Å². The van der Waals surface area contributed by atoms with E-state index in [1.165, 1.54) is 0 Å². The molecule has 0 fully saturated rings. The van der Waals surface area contributed by atoms with E-state index in [1.807, 2.05) is 6.92 Å². The highest BCUT2D eigenvalue weighted by atomic mass is 33.5. The molecule has 0 aromatic carbocycles. The van der Waals surface area contributed by atoms with Crippen LogP contribution in [0.15, 0.2) is 0 Å². The fraction of sp³-hybridized carbons (Fsp3) is 1.00. The second-order valence-electron chi connectivity index (χ2n) is 1.43. The average Bonchev–Trinajstić information content (AvgIpc) is 1.98. The summed E-state index contributed by atoms with van der Waals surface area (Å²) in [6, 6.07) is 0. The molecule has 1 nitrogen and oxygen atoms in total. The molecule has 0 aliphatic heterocycles. The Labute approximate surface area is 89.4 Å². The molecule has 0 heterocycles. The molecule has 68 valence electrons. The molecular formula is C3H7OS7-. The molecule has 0 saturated carbocycles. The average molecular weight is 284 g/mol. The molecule has 0 aliphatic carbocycles. The van der Waals surface area contributed by atoms with Crippen LogP contribution in [0.3, 0.4) is 0 Å². The highest BCUT2D eigenvalue weighted by molar-refractivity contribution is 8.84. The van der Waals surface area contributed by atoms with Crippen molar-refractivity contribution in [3.8, 4) is 0 Å². The van der Waals surface area contributed by atoms with Crippen LogP contribution in [0.25, 0.3) is 0 Å². The summed E-state index contributed by atoms with van der Waals surface area (Å²) >= 11 is 19.7. The Morgan fingerprint density at radius 3 is 2.27 bits per heavy atom. The Morgan fingerprint density at radius 2 is 1.91 bits per heavy atom. The summed E-state index contributed by atoms with van der Waals surface area (Å²) in [4.78, 5) is 0. The van der Waals surface area contributed by atoms with Crippen molar-refractivity contribution in [3.63, 3.8) is 0 Å². The monoisotopic (exact) mass is 283 g/mol. The highest BCUT2D eigenvalue weighted by Crippen LogP contribution is 1.81. The van der Waals surface area contributed by atoms with Gasteiger partial charge in [0.2, 0.25) is 0 Å². The maximum atomic E-state index is 5.24. The van der Waals surface area contributed by atoms with E-state index in [-0.39, 0.29) is 0 Å². The van der Waals surface area contributed by atoms with Crippen molar-refractivity contribution in [3.05, 3.63) is 0 Å². The fourth-order valence-corrected chi connectivity index (χ4v) is 9.27. The summed E-state index contributed by atoms with van der Waals surface area (Å²) in [5, 5.41) is 0. The molecule has 0 aromatic rings. The van der Waals surface area contributed by atoms with Crippen LogP contribution in [0.2, 0.25) is 0 Å². The second kappa shape index (κ2) is 7.07. The van der Waals surface area contributed by atoms with Gasteiger partial charge in [0.25, 0.3) is 0 Å². The van der Waals surface area contributed by atoms with Crippen LogP contribution in [0.1, 0.15) is 13.3 Å². The molecule has 0 radical (unpaired) electrons. The van der Waals surface area contributed by atoms with Crippen molar-refractivity contribution >= 4 is 66.2 Å². The number of hydrogen-bond donors (Lipinski definition) is 0. The van der Waals surface area contributed by atoms with E-state index in [4.69, 9.17) is 48.9 Å². The lowest BCUT2D eigenvalue weighted by Crippen LogP contribution is -1.88. The lowest BCUT2D eigenvalue weighted by Gasteiger charge is -2.04. The van der Waals surface area contributed by atoms with Crippen LogP contribution in [0.4, 0.5) is 0 Å². The Morgan fingerprint density at radius 1 is 1.36 bits per heavy atom. The first-order chi connectivity index (χ1) is 5.09. The van der Waals surface area contributed by atoms with Gasteiger partial charge in [0.05, 0.1) is 0 Å². The van der Waals surface area contributed by atoms with Gasteiger partial charge in [-0.15, -0.1) is 0 Å². The zero-order valence-electron chi connectivity index (χ0n) is 5.68. The summed E-state index contributed by atoms with van der Waals surface area (Å²) in [6.07, 6.45) is 0.954. The Hall–Kier alpha value is 1.63. The van der Waals surface area contributed by atoms with Crippen LogP contribution in [0.5, 0.6) is 0 Å². The summed E-state index contributed by atoms with van der Waals surface area (Å²) in [5.74, 6) is 0. The zero-order valence-corrected chi connectivity index (χ0v) is 11.4. The largest absolute Gasteiger partial charge is 0.466 e. The number of hydrogen-bond acceptors (Lipinski definition) is 6. The molecule has 0 unspecified atom stereocenters. The predicted molar refractivity (Wildman–Crippen MR) is 67.8 cm³/mol. The number of rotatable bonds is 3. The van der Waals surface area contributed by atoms with E-state index in [0.717, 1.165) is 6.42 Å². The first-order valence-corrected chi connectivity index (χ1v) is 11.0. The van der Waals surface area contributed by atoms with Crippen LogP contribution in [-0.4, -0.2) is 6.61 Å². The third-order valence-electron chi connectivity index (χ3n) is 0.606. The van der Waals surface area contributed by atoms with Gasteiger partial charge in [-0.25, -0.2) is 19.5 Å². The van der Waals surface area contributed by atoms with Crippen molar-refractivity contribution < 1.29 is 4.18 Å². The van der Waals surface area contributed by atoms with Crippen LogP contribution >= 0.6 is 0 Å². The first kappa shape index (κ1) is 12.6. The molecule has 0 saturated heterocycles. The van der Waals surface area contributed by atoms with E-state index in [0.29, 0.717) is 6.61 Å². The molecular weight excluding hydrogens is 277 g/mol. The highest BCUT2D eigenvalue weighted by Gasteiger charge is 1.68. The molecule has 0 amide bonds. The third kappa shape index (κ3) is 5.81. The molecule has 11 heavy (non-hydrogen) atoms. The second-order valence-corrected chi connectivity index (χ2v) is 15.1. The van der Waals surface area contributed by atoms with Gasteiger partial charge in [0.15, 0.2) is 0 Å². The first-order valence-electron chi connectivity index (χ1n) is 2.66.